The number of hydrogen-bond acceptors (Lipinski definition) is 5. The Labute approximate surface area is 202 Å². The molecule has 0 aliphatic carbocycles. The molecule has 3 aromatic carbocycles. The third kappa shape index (κ3) is 6.06. The van der Waals surface area contributed by atoms with Crippen molar-refractivity contribution in [3.8, 4) is 11.5 Å². The molecule has 0 aliphatic heterocycles. The third-order valence-electron chi connectivity index (χ3n) is 4.95. The standard InChI is InChI=1S/C24H25BrN2O5S/c1-17-4-11-21(12-5-17)33(29,30)27(20-9-7-19(25)8-10-20)16-24(28)26-15-18-6-13-22(31-2)23(14-18)32-3/h4-14H,15-16H2,1-3H3,(H,26,28). The monoisotopic (exact) mass is 532 g/mol. The number of hydrogen-bond donors (Lipinski definition) is 1. The Morgan fingerprint density at radius 2 is 1.58 bits per heavy atom. The first-order valence-corrected chi connectivity index (χ1v) is 12.3. The number of carbonyl (C=O) groups is 1. The zero-order valence-electron chi connectivity index (χ0n) is 18.5. The second-order valence-electron chi connectivity index (χ2n) is 7.27. The normalized spacial score (nSPS) is 11.0. The number of sulfonamides is 1. The molecule has 7 nitrogen and oxygen atoms in total. The van der Waals surface area contributed by atoms with Gasteiger partial charge in [0.1, 0.15) is 6.54 Å². The van der Waals surface area contributed by atoms with E-state index in [2.05, 4.69) is 21.2 Å². The number of halogens is 1. The zero-order chi connectivity index (χ0) is 24.0. The van der Waals surface area contributed by atoms with E-state index in [9.17, 15) is 13.2 Å². The summed E-state index contributed by atoms with van der Waals surface area (Å²) in [7, 11) is -0.881. The van der Waals surface area contributed by atoms with Gasteiger partial charge in [-0.2, -0.15) is 0 Å². The second kappa shape index (κ2) is 10.7. The van der Waals surface area contributed by atoms with E-state index in [1.54, 1.807) is 61.7 Å². The minimum atomic E-state index is -3.96. The average Bonchev–Trinajstić information content (AvgIpc) is 2.81. The molecule has 0 fully saturated rings. The number of benzene rings is 3. The van der Waals surface area contributed by atoms with E-state index in [4.69, 9.17) is 9.47 Å². The summed E-state index contributed by atoms with van der Waals surface area (Å²) in [6.07, 6.45) is 0. The number of carbonyl (C=O) groups excluding carboxylic acids is 1. The smallest absolute Gasteiger partial charge is 0.264 e. The second-order valence-corrected chi connectivity index (χ2v) is 10.0. The van der Waals surface area contributed by atoms with Crippen LogP contribution < -0.4 is 19.1 Å². The first-order valence-electron chi connectivity index (χ1n) is 10.1. The Morgan fingerprint density at radius 3 is 2.18 bits per heavy atom. The highest BCUT2D eigenvalue weighted by molar-refractivity contribution is 9.10. The van der Waals surface area contributed by atoms with E-state index in [1.807, 2.05) is 6.92 Å². The fourth-order valence-corrected chi connectivity index (χ4v) is 4.82. The highest BCUT2D eigenvalue weighted by atomic mass is 79.9. The van der Waals surface area contributed by atoms with Gasteiger partial charge in [-0.05, 0) is 61.0 Å². The van der Waals surface area contributed by atoms with Crippen LogP contribution in [0.15, 0.2) is 76.1 Å². The fourth-order valence-electron chi connectivity index (χ4n) is 3.14. The van der Waals surface area contributed by atoms with E-state index in [0.29, 0.717) is 17.2 Å². The van der Waals surface area contributed by atoms with Crippen LogP contribution in [-0.4, -0.2) is 35.1 Å². The minimum Gasteiger partial charge on any atom is -0.493 e. The minimum absolute atomic E-state index is 0.115. The van der Waals surface area contributed by atoms with E-state index in [-0.39, 0.29) is 18.0 Å². The predicted octanol–water partition coefficient (Wildman–Crippen LogP) is 4.29. The Balaban J connectivity index is 1.82. The topological polar surface area (TPSA) is 84.9 Å². The van der Waals surface area contributed by atoms with Crippen molar-refractivity contribution in [1.29, 1.82) is 0 Å². The van der Waals surface area contributed by atoms with Crippen molar-refractivity contribution in [3.05, 3.63) is 82.3 Å². The van der Waals surface area contributed by atoms with Crippen LogP contribution in [0.4, 0.5) is 5.69 Å². The van der Waals surface area contributed by atoms with Gasteiger partial charge in [-0.1, -0.05) is 39.7 Å². The molecule has 0 aromatic heterocycles. The summed E-state index contributed by atoms with van der Waals surface area (Å²) >= 11 is 3.36. The lowest BCUT2D eigenvalue weighted by molar-refractivity contribution is -0.119. The SMILES string of the molecule is COc1ccc(CNC(=O)CN(c2ccc(Br)cc2)S(=O)(=O)c2ccc(C)cc2)cc1OC. The number of rotatable bonds is 9. The van der Waals surface area contributed by atoms with Crippen LogP contribution in [0.1, 0.15) is 11.1 Å². The van der Waals surface area contributed by atoms with E-state index in [0.717, 1.165) is 19.9 Å². The number of amides is 1. The van der Waals surface area contributed by atoms with Crippen molar-refractivity contribution in [3.63, 3.8) is 0 Å². The van der Waals surface area contributed by atoms with Gasteiger partial charge in [0.15, 0.2) is 11.5 Å². The Morgan fingerprint density at radius 1 is 0.939 bits per heavy atom. The van der Waals surface area contributed by atoms with Gasteiger partial charge in [-0.3, -0.25) is 9.10 Å². The molecule has 0 radical (unpaired) electrons. The molecular formula is C24H25BrN2O5S. The van der Waals surface area contributed by atoms with Gasteiger partial charge in [-0.15, -0.1) is 0 Å². The van der Waals surface area contributed by atoms with Gasteiger partial charge in [0.25, 0.3) is 10.0 Å². The lowest BCUT2D eigenvalue weighted by Crippen LogP contribution is -2.40. The molecule has 3 rings (SSSR count). The summed E-state index contributed by atoms with van der Waals surface area (Å²) in [5.74, 6) is 0.684. The molecule has 0 atom stereocenters. The van der Waals surface area contributed by atoms with Crippen LogP contribution in [0.5, 0.6) is 11.5 Å². The number of aryl methyl sites for hydroxylation is 1. The Hall–Kier alpha value is -3.04. The lowest BCUT2D eigenvalue weighted by atomic mass is 10.2. The van der Waals surface area contributed by atoms with Crippen LogP contribution >= 0.6 is 15.9 Å². The molecule has 0 unspecified atom stereocenters. The molecule has 1 N–H and O–H groups in total. The maximum atomic E-state index is 13.4. The van der Waals surface area contributed by atoms with Crippen molar-refractivity contribution >= 4 is 37.5 Å². The molecule has 1 amide bonds. The molecular weight excluding hydrogens is 508 g/mol. The summed E-state index contributed by atoms with van der Waals surface area (Å²) in [6.45, 7) is 1.72. The number of nitrogens with zero attached hydrogens (tertiary/aromatic N) is 1. The maximum absolute atomic E-state index is 13.4. The summed E-state index contributed by atoms with van der Waals surface area (Å²) in [6, 6.07) is 18.6. The van der Waals surface area contributed by atoms with Crippen LogP contribution in [0.25, 0.3) is 0 Å². The molecule has 0 bridgehead atoms. The van der Waals surface area contributed by atoms with Crippen molar-refractivity contribution in [1.82, 2.24) is 5.32 Å². The van der Waals surface area contributed by atoms with Gasteiger partial charge in [0.2, 0.25) is 5.91 Å². The fraction of sp³-hybridized carbons (Fsp3) is 0.208. The Bertz CT molecular complexity index is 1210. The van der Waals surface area contributed by atoms with E-state index >= 15 is 0 Å². The van der Waals surface area contributed by atoms with Crippen molar-refractivity contribution < 1.29 is 22.7 Å². The first-order chi connectivity index (χ1) is 15.7. The number of methoxy groups -OCH3 is 2. The van der Waals surface area contributed by atoms with Crippen LogP contribution in [0.2, 0.25) is 0 Å². The highest BCUT2D eigenvalue weighted by Gasteiger charge is 2.27. The molecule has 3 aromatic rings. The molecule has 0 aliphatic rings. The van der Waals surface area contributed by atoms with E-state index < -0.39 is 15.9 Å². The van der Waals surface area contributed by atoms with Gasteiger partial charge < -0.3 is 14.8 Å². The van der Waals surface area contributed by atoms with Gasteiger partial charge in [-0.25, -0.2) is 8.42 Å². The average molecular weight is 533 g/mol. The summed E-state index contributed by atoms with van der Waals surface area (Å²) in [4.78, 5) is 12.9. The van der Waals surface area contributed by atoms with Gasteiger partial charge in [0.05, 0.1) is 24.8 Å². The summed E-state index contributed by atoms with van der Waals surface area (Å²) in [5.41, 5.74) is 2.12. The van der Waals surface area contributed by atoms with Gasteiger partial charge in [0, 0.05) is 11.0 Å². The Kier molecular flexibility index (Phi) is 7.99. The number of nitrogens with one attached hydrogen (secondary N) is 1. The summed E-state index contributed by atoms with van der Waals surface area (Å²) < 4.78 is 39.2. The van der Waals surface area contributed by atoms with Crippen LogP contribution in [0, 0.1) is 6.92 Å². The predicted molar refractivity (Wildman–Crippen MR) is 131 cm³/mol. The van der Waals surface area contributed by atoms with Crippen molar-refractivity contribution in [2.24, 2.45) is 0 Å². The number of ether oxygens (including phenoxy) is 2. The van der Waals surface area contributed by atoms with Crippen LogP contribution in [0.3, 0.4) is 0 Å². The number of anilines is 1. The third-order valence-corrected chi connectivity index (χ3v) is 7.27. The maximum Gasteiger partial charge on any atom is 0.264 e. The van der Waals surface area contributed by atoms with Crippen molar-refractivity contribution in [2.75, 3.05) is 25.1 Å². The lowest BCUT2D eigenvalue weighted by Gasteiger charge is -2.24. The first kappa shape index (κ1) is 24.6. The molecule has 0 saturated heterocycles. The molecule has 174 valence electrons. The summed E-state index contributed by atoms with van der Waals surface area (Å²) in [5, 5.41) is 2.78. The molecule has 9 heteroatoms. The van der Waals surface area contributed by atoms with Crippen LogP contribution in [-0.2, 0) is 21.4 Å². The van der Waals surface area contributed by atoms with Crippen molar-refractivity contribution in [2.45, 2.75) is 18.4 Å². The largest absolute Gasteiger partial charge is 0.493 e. The molecule has 33 heavy (non-hydrogen) atoms. The zero-order valence-corrected chi connectivity index (χ0v) is 20.9. The quantitative estimate of drug-likeness (QED) is 0.444. The highest BCUT2D eigenvalue weighted by Crippen LogP contribution is 2.28. The van der Waals surface area contributed by atoms with E-state index in [1.165, 1.54) is 19.2 Å². The molecule has 0 heterocycles. The van der Waals surface area contributed by atoms with Gasteiger partial charge >= 0.3 is 0 Å². The molecule has 0 spiro atoms. The molecule has 0 saturated carbocycles.